The van der Waals surface area contributed by atoms with Gasteiger partial charge < -0.3 is 19.6 Å². The van der Waals surface area contributed by atoms with Crippen molar-refractivity contribution >= 4 is 7.82 Å². The van der Waals surface area contributed by atoms with Crippen molar-refractivity contribution in [2.75, 3.05) is 19.8 Å². The van der Waals surface area contributed by atoms with E-state index >= 15 is 0 Å². The predicted octanol–water partition coefficient (Wildman–Crippen LogP) is 3.39. The highest BCUT2D eigenvalue weighted by atomic mass is 31.2. The van der Waals surface area contributed by atoms with E-state index in [9.17, 15) is 4.57 Å². The van der Waals surface area contributed by atoms with Gasteiger partial charge in [-0.15, -0.1) is 0 Å². The minimum atomic E-state index is -4.49. The zero-order chi connectivity index (χ0) is 16.7. The summed E-state index contributed by atoms with van der Waals surface area (Å²) in [5.74, 6) is 0. The van der Waals surface area contributed by atoms with Crippen LogP contribution in [0.25, 0.3) is 0 Å². The molecule has 0 saturated carbocycles. The Morgan fingerprint density at radius 3 is 1.86 bits per heavy atom. The van der Waals surface area contributed by atoms with Crippen molar-refractivity contribution < 1.29 is 28.7 Å². The van der Waals surface area contributed by atoms with Crippen molar-refractivity contribution in [3.63, 3.8) is 0 Å². The van der Waals surface area contributed by atoms with Crippen LogP contribution in [0.5, 0.6) is 0 Å². The molecule has 0 aliphatic carbocycles. The van der Waals surface area contributed by atoms with Gasteiger partial charge in [-0.05, 0) is 6.42 Å². The highest BCUT2D eigenvalue weighted by Crippen LogP contribution is 2.35. The lowest BCUT2D eigenvalue weighted by atomic mass is 10.1. The molecule has 0 radical (unpaired) electrons. The SMILES string of the molecule is CCCCCCCCCCCCOC(CO)COP(=O)(O)O. The van der Waals surface area contributed by atoms with Crippen LogP contribution in [0, 0.1) is 0 Å². The molecule has 0 aromatic rings. The third kappa shape index (κ3) is 16.4. The molecule has 0 aliphatic heterocycles. The number of rotatable bonds is 16. The topological polar surface area (TPSA) is 96.2 Å². The van der Waals surface area contributed by atoms with Gasteiger partial charge in [0, 0.05) is 6.61 Å². The average Bonchev–Trinajstić information content (AvgIpc) is 2.46. The van der Waals surface area contributed by atoms with Crippen LogP contribution in [-0.2, 0) is 13.8 Å². The number of phosphoric acid groups is 1. The molecule has 3 N–H and O–H groups in total. The van der Waals surface area contributed by atoms with Crippen LogP contribution in [0.3, 0.4) is 0 Å². The van der Waals surface area contributed by atoms with E-state index in [1.807, 2.05) is 0 Å². The van der Waals surface area contributed by atoms with Gasteiger partial charge in [-0.2, -0.15) is 0 Å². The maximum Gasteiger partial charge on any atom is 0.469 e. The first-order valence-electron chi connectivity index (χ1n) is 8.42. The van der Waals surface area contributed by atoms with Gasteiger partial charge in [-0.3, -0.25) is 4.52 Å². The average molecular weight is 340 g/mol. The Balaban J connectivity index is 3.34. The van der Waals surface area contributed by atoms with Crippen LogP contribution in [0.15, 0.2) is 0 Å². The lowest BCUT2D eigenvalue weighted by Gasteiger charge is -2.15. The molecule has 134 valence electrons. The van der Waals surface area contributed by atoms with Crippen molar-refractivity contribution in [1.29, 1.82) is 0 Å². The number of unbranched alkanes of at least 4 members (excludes halogenated alkanes) is 9. The van der Waals surface area contributed by atoms with Gasteiger partial charge in [0.2, 0.25) is 0 Å². The summed E-state index contributed by atoms with van der Waals surface area (Å²) in [4.78, 5) is 17.1. The van der Waals surface area contributed by atoms with Gasteiger partial charge in [0.25, 0.3) is 0 Å². The molecule has 1 atom stereocenters. The van der Waals surface area contributed by atoms with Gasteiger partial charge in [-0.25, -0.2) is 4.57 Å². The normalized spacial score (nSPS) is 13.5. The summed E-state index contributed by atoms with van der Waals surface area (Å²) in [5.41, 5.74) is 0. The molecule has 22 heavy (non-hydrogen) atoms. The van der Waals surface area contributed by atoms with E-state index < -0.39 is 13.9 Å². The van der Waals surface area contributed by atoms with Gasteiger partial charge in [0.15, 0.2) is 0 Å². The fourth-order valence-corrected chi connectivity index (χ4v) is 2.53. The number of phosphoric ester groups is 1. The summed E-state index contributed by atoms with van der Waals surface area (Å²) in [7, 11) is -4.49. The number of aliphatic hydroxyl groups excluding tert-OH is 1. The van der Waals surface area contributed by atoms with Gasteiger partial charge in [0.05, 0.1) is 13.2 Å². The predicted molar refractivity (Wildman–Crippen MR) is 86.7 cm³/mol. The largest absolute Gasteiger partial charge is 0.469 e. The van der Waals surface area contributed by atoms with Crippen molar-refractivity contribution in [3.8, 4) is 0 Å². The van der Waals surface area contributed by atoms with Crippen molar-refractivity contribution in [1.82, 2.24) is 0 Å². The van der Waals surface area contributed by atoms with E-state index in [-0.39, 0.29) is 13.2 Å². The van der Waals surface area contributed by atoms with E-state index in [2.05, 4.69) is 11.4 Å². The molecule has 0 bridgehead atoms. The minimum Gasteiger partial charge on any atom is -0.394 e. The summed E-state index contributed by atoms with van der Waals surface area (Å²) in [6.07, 6.45) is 11.7. The lowest BCUT2D eigenvalue weighted by molar-refractivity contribution is -0.0205. The smallest absolute Gasteiger partial charge is 0.394 e. The monoisotopic (exact) mass is 340 g/mol. The fraction of sp³-hybridized carbons (Fsp3) is 1.00. The van der Waals surface area contributed by atoms with Crippen LogP contribution >= 0.6 is 7.82 Å². The Morgan fingerprint density at radius 1 is 0.909 bits per heavy atom. The second kappa shape index (κ2) is 14.6. The summed E-state index contributed by atoms with van der Waals surface area (Å²) in [6.45, 7) is 2.10. The molecular weight excluding hydrogens is 307 g/mol. The third-order valence-corrected chi connectivity index (χ3v) is 3.97. The van der Waals surface area contributed by atoms with Crippen LogP contribution in [-0.4, -0.2) is 40.8 Å². The maximum absolute atomic E-state index is 10.5. The quantitative estimate of drug-likeness (QED) is 0.294. The van der Waals surface area contributed by atoms with Crippen LogP contribution < -0.4 is 0 Å². The highest BCUT2D eigenvalue weighted by Gasteiger charge is 2.18. The van der Waals surface area contributed by atoms with E-state index in [0.717, 1.165) is 12.8 Å². The standard InChI is InChI=1S/C15H33O6P/c1-2-3-4-5-6-7-8-9-10-11-12-20-15(13-16)14-21-22(17,18)19/h15-16H,2-14H2,1H3,(H2,17,18,19). The van der Waals surface area contributed by atoms with Crippen molar-refractivity contribution in [2.45, 2.75) is 77.2 Å². The number of aliphatic hydroxyl groups is 1. The van der Waals surface area contributed by atoms with E-state index in [0.29, 0.717) is 6.61 Å². The first-order chi connectivity index (χ1) is 10.5. The summed E-state index contributed by atoms with van der Waals surface area (Å²) >= 11 is 0. The Bertz CT molecular complexity index is 281. The van der Waals surface area contributed by atoms with Gasteiger partial charge in [0.1, 0.15) is 6.10 Å². The highest BCUT2D eigenvalue weighted by molar-refractivity contribution is 7.46. The molecule has 0 saturated heterocycles. The van der Waals surface area contributed by atoms with Crippen molar-refractivity contribution in [2.24, 2.45) is 0 Å². The van der Waals surface area contributed by atoms with Crippen LogP contribution in [0.4, 0.5) is 0 Å². The molecule has 0 fully saturated rings. The van der Waals surface area contributed by atoms with E-state index in [1.165, 1.54) is 51.4 Å². The zero-order valence-electron chi connectivity index (χ0n) is 13.8. The molecule has 0 aromatic carbocycles. The minimum absolute atomic E-state index is 0.293. The molecule has 6 nitrogen and oxygen atoms in total. The third-order valence-electron chi connectivity index (χ3n) is 3.48. The Kier molecular flexibility index (Phi) is 14.6. The Hall–Kier alpha value is 0.0300. The van der Waals surface area contributed by atoms with E-state index in [1.54, 1.807) is 0 Å². The molecule has 1 unspecified atom stereocenters. The second-order valence-electron chi connectivity index (χ2n) is 5.64. The molecule has 0 aromatic heterocycles. The fourth-order valence-electron chi connectivity index (χ4n) is 2.17. The molecule has 0 heterocycles. The molecule has 0 aliphatic rings. The molecule has 0 spiro atoms. The van der Waals surface area contributed by atoms with Gasteiger partial charge in [-0.1, -0.05) is 64.7 Å². The number of hydrogen-bond donors (Lipinski definition) is 3. The summed E-state index contributed by atoms with van der Waals surface area (Å²) < 4.78 is 20.2. The van der Waals surface area contributed by atoms with E-state index in [4.69, 9.17) is 19.6 Å². The Labute approximate surface area is 134 Å². The maximum atomic E-state index is 10.5. The number of hydrogen-bond acceptors (Lipinski definition) is 4. The first kappa shape index (κ1) is 22.0. The summed E-state index contributed by atoms with van der Waals surface area (Å²) in [6, 6.07) is 0. The van der Waals surface area contributed by atoms with Crippen molar-refractivity contribution in [3.05, 3.63) is 0 Å². The van der Waals surface area contributed by atoms with Gasteiger partial charge >= 0.3 is 7.82 Å². The number of ether oxygens (including phenoxy) is 1. The van der Waals surface area contributed by atoms with Crippen LogP contribution in [0.1, 0.15) is 71.1 Å². The first-order valence-corrected chi connectivity index (χ1v) is 9.95. The molecule has 0 rings (SSSR count). The lowest BCUT2D eigenvalue weighted by Crippen LogP contribution is -2.24. The zero-order valence-corrected chi connectivity index (χ0v) is 14.7. The summed E-state index contributed by atoms with van der Waals surface area (Å²) in [5, 5.41) is 9.03. The Morgan fingerprint density at radius 2 is 1.41 bits per heavy atom. The van der Waals surface area contributed by atoms with Crippen LogP contribution in [0.2, 0.25) is 0 Å². The molecule has 0 amide bonds. The second-order valence-corrected chi connectivity index (χ2v) is 6.88. The molecular formula is C15H33O6P. The molecule has 7 heteroatoms.